The maximum absolute atomic E-state index is 11.5. The molecule has 0 spiro atoms. The van der Waals surface area contributed by atoms with Crippen molar-refractivity contribution >= 4 is 5.91 Å². The molecule has 0 aliphatic carbocycles. The normalized spacial score (nSPS) is 9.87. The molecule has 0 unspecified atom stereocenters. The van der Waals surface area contributed by atoms with Gasteiger partial charge in [0.25, 0.3) is 5.91 Å². The fourth-order valence-corrected chi connectivity index (χ4v) is 1.16. The molecule has 0 aliphatic heterocycles. The highest BCUT2D eigenvalue weighted by Gasteiger charge is 2.05. The molecule has 76 valence electrons. The summed E-state index contributed by atoms with van der Waals surface area (Å²) in [7, 11) is 0. The highest BCUT2D eigenvalue weighted by atomic mass is 16.1. The van der Waals surface area contributed by atoms with Crippen LogP contribution in [0.3, 0.4) is 0 Å². The number of hydrogen-bond donors (Lipinski definition) is 2. The molecule has 0 aliphatic rings. The second-order valence-electron chi connectivity index (χ2n) is 3.00. The molecule has 2 heterocycles. The number of amides is 1. The van der Waals surface area contributed by atoms with Crippen LogP contribution < -0.4 is 5.32 Å². The zero-order chi connectivity index (χ0) is 10.5. The molecule has 1 amide bonds. The van der Waals surface area contributed by atoms with E-state index in [0.717, 1.165) is 5.56 Å². The smallest absolute Gasteiger partial charge is 0.269 e. The van der Waals surface area contributed by atoms with E-state index in [-0.39, 0.29) is 5.91 Å². The zero-order valence-electron chi connectivity index (χ0n) is 7.97. The van der Waals surface area contributed by atoms with E-state index in [4.69, 9.17) is 0 Å². The van der Waals surface area contributed by atoms with Gasteiger partial charge in [-0.15, -0.1) is 0 Å². The fraction of sp³-hybridized carbons (Fsp3) is 0.100. The molecule has 0 bridgehead atoms. The van der Waals surface area contributed by atoms with Gasteiger partial charge in [0.2, 0.25) is 0 Å². The molecule has 2 N–H and O–H groups in total. The summed E-state index contributed by atoms with van der Waals surface area (Å²) in [4.78, 5) is 21.9. The number of carbonyl (C=O) groups is 1. The van der Waals surface area contributed by atoms with Gasteiger partial charge in [-0.2, -0.15) is 0 Å². The number of H-pyrrole nitrogens is 1. The third-order valence-electron chi connectivity index (χ3n) is 1.95. The second kappa shape index (κ2) is 4.36. The molecular formula is C10H10N4O. The van der Waals surface area contributed by atoms with E-state index in [2.05, 4.69) is 20.3 Å². The largest absolute Gasteiger partial charge is 0.347 e. The van der Waals surface area contributed by atoms with Crippen LogP contribution in [0.4, 0.5) is 0 Å². The van der Waals surface area contributed by atoms with Crippen LogP contribution in [0.15, 0.2) is 37.1 Å². The molecule has 2 aromatic rings. The van der Waals surface area contributed by atoms with Crippen LogP contribution in [0.2, 0.25) is 0 Å². The molecule has 2 rings (SSSR count). The number of rotatable bonds is 3. The van der Waals surface area contributed by atoms with Crippen LogP contribution in [0.25, 0.3) is 0 Å². The van der Waals surface area contributed by atoms with Gasteiger partial charge in [0.1, 0.15) is 5.69 Å². The summed E-state index contributed by atoms with van der Waals surface area (Å²) in [6, 6.07) is 3.71. The third kappa shape index (κ3) is 2.40. The number of hydrogen-bond acceptors (Lipinski definition) is 3. The quantitative estimate of drug-likeness (QED) is 0.771. The molecule has 0 saturated heterocycles. The molecule has 0 fully saturated rings. The fourth-order valence-electron chi connectivity index (χ4n) is 1.16. The lowest BCUT2D eigenvalue weighted by Gasteiger charge is -2.02. The zero-order valence-corrected chi connectivity index (χ0v) is 7.97. The second-order valence-corrected chi connectivity index (χ2v) is 3.00. The number of pyridine rings is 1. The average Bonchev–Trinajstić information content (AvgIpc) is 2.81. The summed E-state index contributed by atoms with van der Waals surface area (Å²) in [5.41, 5.74) is 1.47. The summed E-state index contributed by atoms with van der Waals surface area (Å²) in [6.07, 6.45) is 6.35. The Kier molecular flexibility index (Phi) is 2.73. The number of aromatic amines is 1. The molecule has 0 atom stereocenters. The van der Waals surface area contributed by atoms with E-state index in [1.165, 1.54) is 12.5 Å². The Hall–Kier alpha value is -2.17. The Labute approximate surface area is 86.6 Å². The van der Waals surface area contributed by atoms with E-state index in [0.29, 0.717) is 12.2 Å². The predicted octanol–water partition coefficient (Wildman–Crippen LogP) is 0.735. The monoisotopic (exact) mass is 202 g/mol. The van der Waals surface area contributed by atoms with Gasteiger partial charge in [-0.1, -0.05) is 0 Å². The van der Waals surface area contributed by atoms with Crippen LogP contribution in [0, 0.1) is 0 Å². The molecule has 15 heavy (non-hydrogen) atoms. The SMILES string of the molecule is O=C(NCc1ccncc1)c1cnc[nH]1. The summed E-state index contributed by atoms with van der Waals surface area (Å²) < 4.78 is 0. The van der Waals surface area contributed by atoms with Crippen LogP contribution in [-0.4, -0.2) is 20.9 Å². The third-order valence-corrected chi connectivity index (χ3v) is 1.95. The van der Waals surface area contributed by atoms with Crippen molar-refractivity contribution in [3.63, 3.8) is 0 Å². The first-order chi connectivity index (χ1) is 7.36. The Morgan fingerprint density at radius 2 is 2.13 bits per heavy atom. The van der Waals surface area contributed by atoms with E-state index in [9.17, 15) is 4.79 Å². The van der Waals surface area contributed by atoms with Gasteiger partial charge in [-0.25, -0.2) is 4.98 Å². The maximum Gasteiger partial charge on any atom is 0.269 e. The van der Waals surface area contributed by atoms with Gasteiger partial charge in [0.15, 0.2) is 0 Å². The van der Waals surface area contributed by atoms with Gasteiger partial charge in [-0.3, -0.25) is 9.78 Å². The summed E-state index contributed by atoms with van der Waals surface area (Å²) in [6.45, 7) is 0.486. The Morgan fingerprint density at radius 3 is 2.80 bits per heavy atom. The van der Waals surface area contributed by atoms with Crippen LogP contribution in [-0.2, 0) is 6.54 Å². The van der Waals surface area contributed by atoms with Crippen molar-refractivity contribution in [2.45, 2.75) is 6.54 Å². The van der Waals surface area contributed by atoms with E-state index >= 15 is 0 Å². The van der Waals surface area contributed by atoms with E-state index in [1.54, 1.807) is 12.4 Å². The van der Waals surface area contributed by atoms with Crippen molar-refractivity contribution in [1.29, 1.82) is 0 Å². The predicted molar refractivity (Wildman–Crippen MR) is 54.0 cm³/mol. The topological polar surface area (TPSA) is 70.7 Å². The molecule has 0 aromatic carbocycles. The Bertz CT molecular complexity index is 424. The summed E-state index contributed by atoms with van der Waals surface area (Å²) in [5.74, 6) is -0.163. The van der Waals surface area contributed by atoms with Crippen LogP contribution in [0.5, 0.6) is 0 Å². The first-order valence-electron chi connectivity index (χ1n) is 4.52. The lowest BCUT2D eigenvalue weighted by molar-refractivity contribution is 0.0946. The summed E-state index contributed by atoms with van der Waals surface area (Å²) in [5, 5.41) is 2.76. The first-order valence-corrected chi connectivity index (χ1v) is 4.52. The van der Waals surface area contributed by atoms with Crippen LogP contribution >= 0.6 is 0 Å². The van der Waals surface area contributed by atoms with E-state index in [1.807, 2.05) is 12.1 Å². The molecule has 2 aromatic heterocycles. The van der Waals surface area contributed by atoms with Gasteiger partial charge in [-0.05, 0) is 17.7 Å². The first kappa shape index (κ1) is 9.39. The minimum absolute atomic E-state index is 0.163. The lowest BCUT2D eigenvalue weighted by Crippen LogP contribution is -2.22. The Balaban J connectivity index is 1.92. The van der Waals surface area contributed by atoms with Crippen molar-refractivity contribution in [2.24, 2.45) is 0 Å². The van der Waals surface area contributed by atoms with Gasteiger partial charge < -0.3 is 10.3 Å². The average molecular weight is 202 g/mol. The lowest BCUT2D eigenvalue weighted by atomic mass is 10.2. The van der Waals surface area contributed by atoms with Gasteiger partial charge in [0, 0.05) is 18.9 Å². The van der Waals surface area contributed by atoms with Crippen molar-refractivity contribution < 1.29 is 4.79 Å². The number of imidazole rings is 1. The highest BCUT2D eigenvalue weighted by molar-refractivity contribution is 5.91. The molecule has 0 saturated carbocycles. The number of carbonyl (C=O) groups excluding carboxylic acids is 1. The minimum atomic E-state index is -0.163. The van der Waals surface area contributed by atoms with E-state index < -0.39 is 0 Å². The summed E-state index contributed by atoms with van der Waals surface area (Å²) >= 11 is 0. The van der Waals surface area contributed by atoms with Crippen molar-refractivity contribution in [1.82, 2.24) is 20.3 Å². The van der Waals surface area contributed by atoms with Crippen molar-refractivity contribution in [3.8, 4) is 0 Å². The molecular weight excluding hydrogens is 192 g/mol. The minimum Gasteiger partial charge on any atom is -0.347 e. The standard InChI is InChI=1S/C10H10N4O/c15-10(9-6-12-7-14-9)13-5-8-1-3-11-4-2-8/h1-4,6-7H,5H2,(H,12,14)(H,13,15). The molecule has 0 radical (unpaired) electrons. The Morgan fingerprint density at radius 1 is 1.33 bits per heavy atom. The molecule has 5 nitrogen and oxygen atoms in total. The number of nitrogens with one attached hydrogen (secondary N) is 2. The molecule has 5 heteroatoms. The highest BCUT2D eigenvalue weighted by Crippen LogP contribution is 1.96. The maximum atomic E-state index is 11.5. The van der Waals surface area contributed by atoms with Crippen molar-refractivity contribution in [3.05, 3.63) is 48.3 Å². The van der Waals surface area contributed by atoms with Crippen molar-refractivity contribution in [2.75, 3.05) is 0 Å². The van der Waals surface area contributed by atoms with Gasteiger partial charge >= 0.3 is 0 Å². The van der Waals surface area contributed by atoms with Gasteiger partial charge in [0.05, 0.1) is 12.5 Å². The number of aromatic nitrogens is 3. The number of nitrogens with zero attached hydrogens (tertiary/aromatic N) is 2. The van der Waals surface area contributed by atoms with Crippen LogP contribution in [0.1, 0.15) is 16.1 Å².